The van der Waals surface area contributed by atoms with Gasteiger partial charge in [-0.15, -0.1) is 0 Å². The van der Waals surface area contributed by atoms with Crippen LogP contribution in [0, 0.1) is 5.82 Å². The van der Waals surface area contributed by atoms with Crippen LogP contribution in [0.3, 0.4) is 0 Å². The summed E-state index contributed by atoms with van der Waals surface area (Å²) in [5.41, 5.74) is 1.94. The number of benzene rings is 2. The Bertz CT molecular complexity index is 574. The van der Waals surface area contributed by atoms with Crippen molar-refractivity contribution in [3.8, 4) is 0 Å². The van der Waals surface area contributed by atoms with Gasteiger partial charge in [-0.3, -0.25) is 0 Å². The van der Waals surface area contributed by atoms with Crippen LogP contribution in [0.5, 0.6) is 0 Å². The molecule has 1 N–H and O–H groups in total. The van der Waals surface area contributed by atoms with Crippen molar-refractivity contribution in [3.05, 3.63) is 68.9 Å². The third kappa shape index (κ3) is 3.56. The number of hydrogen-bond acceptors (Lipinski definition) is 1. The van der Waals surface area contributed by atoms with E-state index in [1.54, 1.807) is 6.07 Å². The highest BCUT2D eigenvalue weighted by molar-refractivity contribution is 9.10. The van der Waals surface area contributed by atoms with Gasteiger partial charge in [-0.05, 0) is 42.8 Å². The largest absolute Gasteiger partial charge is 0.313 e. The molecule has 0 bridgehead atoms. The van der Waals surface area contributed by atoms with Crippen molar-refractivity contribution in [3.63, 3.8) is 0 Å². The summed E-state index contributed by atoms with van der Waals surface area (Å²) in [6, 6.07) is 13.0. The fourth-order valence-electron chi connectivity index (χ4n) is 2.06. The van der Waals surface area contributed by atoms with Crippen LogP contribution in [0.2, 0.25) is 5.02 Å². The topological polar surface area (TPSA) is 12.0 Å². The minimum absolute atomic E-state index is 0.0162. The third-order valence-corrected chi connectivity index (χ3v) is 3.93. The maximum absolute atomic E-state index is 13.5. The number of halogens is 3. The van der Waals surface area contributed by atoms with E-state index in [9.17, 15) is 4.39 Å². The minimum Gasteiger partial charge on any atom is -0.313 e. The molecule has 2 aromatic carbocycles. The van der Waals surface area contributed by atoms with Gasteiger partial charge in [0.2, 0.25) is 0 Å². The van der Waals surface area contributed by atoms with E-state index in [4.69, 9.17) is 11.6 Å². The molecule has 1 atom stereocenters. The molecule has 0 aromatic heterocycles. The van der Waals surface area contributed by atoms with Crippen LogP contribution in [-0.4, -0.2) is 7.05 Å². The second-order valence-corrected chi connectivity index (χ2v) is 5.61. The van der Waals surface area contributed by atoms with E-state index < -0.39 is 0 Å². The second kappa shape index (κ2) is 6.51. The molecule has 0 spiro atoms. The fraction of sp³-hybridized carbons (Fsp3) is 0.200. The van der Waals surface area contributed by atoms with Gasteiger partial charge in [-0.2, -0.15) is 0 Å². The summed E-state index contributed by atoms with van der Waals surface area (Å²) in [5, 5.41) is 3.38. The maximum Gasteiger partial charge on any atom is 0.142 e. The summed E-state index contributed by atoms with van der Waals surface area (Å²) in [5.74, 6) is -0.381. The van der Waals surface area contributed by atoms with Crippen LogP contribution >= 0.6 is 27.5 Å². The lowest BCUT2D eigenvalue weighted by atomic mass is 9.99. The number of nitrogens with one attached hydrogen (secondary N) is 1. The monoisotopic (exact) mass is 341 g/mol. The van der Waals surface area contributed by atoms with Crippen molar-refractivity contribution in [2.45, 2.75) is 12.5 Å². The van der Waals surface area contributed by atoms with Crippen LogP contribution in [0.1, 0.15) is 17.2 Å². The lowest BCUT2D eigenvalue weighted by molar-refractivity contribution is 0.578. The van der Waals surface area contributed by atoms with Crippen LogP contribution < -0.4 is 5.32 Å². The lowest BCUT2D eigenvalue weighted by Gasteiger charge is -2.18. The van der Waals surface area contributed by atoms with Crippen LogP contribution in [0.15, 0.2) is 46.9 Å². The quantitative estimate of drug-likeness (QED) is 0.846. The SMILES string of the molecule is CNC(Cc1cccc(Br)c1)c1cccc(F)c1Cl. The Morgan fingerprint density at radius 2 is 2.00 bits per heavy atom. The van der Waals surface area contributed by atoms with Gasteiger partial charge in [0.1, 0.15) is 5.82 Å². The first kappa shape index (κ1) is 14.5. The molecular weight excluding hydrogens is 329 g/mol. The van der Waals surface area contributed by atoms with E-state index in [1.165, 1.54) is 6.07 Å². The molecule has 1 nitrogen and oxygen atoms in total. The van der Waals surface area contributed by atoms with Crippen molar-refractivity contribution in [2.24, 2.45) is 0 Å². The third-order valence-electron chi connectivity index (χ3n) is 3.03. The molecule has 1 unspecified atom stereocenters. The van der Waals surface area contributed by atoms with Gasteiger partial charge in [0, 0.05) is 10.5 Å². The number of likely N-dealkylation sites (N-methyl/N-ethyl adjacent to an activating group) is 1. The molecule has 2 rings (SSSR count). The summed E-state index contributed by atoms with van der Waals surface area (Å²) >= 11 is 9.49. The van der Waals surface area contributed by atoms with Gasteiger partial charge in [0.25, 0.3) is 0 Å². The molecule has 0 heterocycles. The zero-order chi connectivity index (χ0) is 13.8. The Hall–Kier alpha value is -0.900. The standard InChI is InChI=1S/C15H14BrClFN/c1-19-14(9-10-4-2-5-11(16)8-10)12-6-3-7-13(18)15(12)17/h2-8,14,19H,9H2,1H3. The Morgan fingerprint density at radius 3 is 2.68 bits per heavy atom. The number of rotatable bonds is 4. The zero-order valence-corrected chi connectivity index (χ0v) is 12.8. The summed E-state index contributed by atoms with van der Waals surface area (Å²) < 4.78 is 14.5. The zero-order valence-electron chi connectivity index (χ0n) is 10.5. The lowest BCUT2D eigenvalue weighted by Crippen LogP contribution is -2.19. The molecule has 2 aromatic rings. The first-order valence-electron chi connectivity index (χ1n) is 5.97. The van der Waals surface area contributed by atoms with E-state index in [0.29, 0.717) is 0 Å². The highest BCUT2D eigenvalue weighted by Crippen LogP contribution is 2.28. The van der Waals surface area contributed by atoms with Gasteiger partial charge in [0.05, 0.1) is 5.02 Å². The Morgan fingerprint density at radius 1 is 1.26 bits per heavy atom. The average Bonchev–Trinajstić information content (AvgIpc) is 2.40. The molecule has 0 saturated heterocycles. The highest BCUT2D eigenvalue weighted by atomic mass is 79.9. The van der Waals surface area contributed by atoms with Crippen molar-refractivity contribution >= 4 is 27.5 Å². The summed E-state index contributed by atoms with van der Waals surface area (Å²) in [7, 11) is 1.85. The van der Waals surface area contributed by atoms with Gasteiger partial charge in [-0.25, -0.2) is 4.39 Å². The van der Waals surface area contributed by atoms with Gasteiger partial charge < -0.3 is 5.32 Å². The molecule has 19 heavy (non-hydrogen) atoms. The summed E-state index contributed by atoms with van der Waals surface area (Å²) in [6.45, 7) is 0. The van der Waals surface area contributed by atoms with E-state index >= 15 is 0 Å². The summed E-state index contributed by atoms with van der Waals surface area (Å²) in [4.78, 5) is 0. The van der Waals surface area contributed by atoms with Crippen LogP contribution in [-0.2, 0) is 6.42 Å². The van der Waals surface area contributed by atoms with Gasteiger partial charge in [0.15, 0.2) is 0 Å². The number of hydrogen-bond donors (Lipinski definition) is 1. The van der Waals surface area contributed by atoms with Crippen LogP contribution in [0.4, 0.5) is 4.39 Å². The Kier molecular flexibility index (Phi) is 4.97. The van der Waals surface area contributed by atoms with Crippen LogP contribution in [0.25, 0.3) is 0 Å². The molecule has 4 heteroatoms. The first-order valence-corrected chi connectivity index (χ1v) is 7.14. The fourth-order valence-corrected chi connectivity index (χ4v) is 2.76. The molecule has 0 amide bonds. The van der Waals surface area contributed by atoms with Crippen molar-refractivity contribution in [1.82, 2.24) is 5.32 Å². The molecule has 0 aliphatic heterocycles. The molecule has 0 radical (unpaired) electrons. The molecule has 0 aliphatic rings. The Balaban J connectivity index is 2.28. The molecule has 0 aliphatic carbocycles. The molecule has 0 fully saturated rings. The smallest absolute Gasteiger partial charge is 0.142 e. The maximum atomic E-state index is 13.5. The van der Waals surface area contributed by atoms with Crippen molar-refractivity contribution in [1.29, 1.82) is 0 Å². The minimum atomic E-state index is -0.381. The second-order valence-electron chi connectivity index (χ2n) is 4.32. The average molecular weight is 343 g/mol. The molecule has 0 saturated carbocycles. The van der Waals surface area contributed by atoms with E-state index in [1.807, 2.05) is 31.3 Å². The van der Waals surface area contributed by atoms with Crippen molar-refractivity contribution < 1.29 is 4.39 Å². The normalized spacial score (nSPS) is 12.4. The molecular formula is C15H14BrClFN. The van der Waals surface area contributed by atoms with Gasteiger partial charge >= 0.3 is 0 Å². The Labute approximate surface area is 125 Å². The van der Waals surface area contributed by atoms with E-state index in [-0.39, 0.29) is 16.9 Å². The predicted octanol–water partition coefficient (Wildman–Crippen LogP) is 4.74. The first-order chi connectivity index (χ1) is 9.11. The predicted molar refractivity (Wildman–Crippen MR) is 81.1 cm³/mol. The molecule has 100 valence electrons. The van der Waals surface area contributed by atoms with E-state index in [0.717, 1.165) is 22.0 Å². The van der Waals surface area contributed by atoms with E-state index in [2.05, 4.69) is 27.3 Å². The highest BCUT2D eigenvalue weighted by Gasteiger charge is 2.15. The van der Waals surface area contributed by atoms with Crippen molar-refractivity contribution in [2.75, 3.05) is 7.05 Å². The van der Waals surface area contributed by atoms with Gasteiger partial charge in [-0.1, -0.05) is 51.8 Å². The summed E-state index contributed by atoms with van der Waals surface area (Å²) in [6.07, 6.45) is 0.749.